The average Bonchev–Trinajstić information content (AvgIpc) is 2.23. The van der Waals surface area contributed by atoms with Gasteiger partial charge >= 0.3 is 12.3 Å². The van der Waals surface area contributed by atoms with Crippen LogP contribution >= 0.6 is 0 Å². The van der Waals surface area contributed by atoms with E-state index in [1.54, 1.807) is 0 Å². The van der Waals surface area contributed by atoms with Gasteiger partial charge in [-0.2, -0.15) is 0 Å². The first-order valence-electron chi connectivity index (χ1n) is 4.58. The highest BCUT2D eigenvalue weighted by Crippen LogP contribution is 2.28. The van der Waals surface area contributed by atoms with E-state index in [4.69, 9.17) is 5.11 Å². The third-order valence-electron chi connectivity index (χ3n) is 1.83. The minimum atomic E-state index is -4.99. The van der Waals surface area contributed by atoms with Gasteiger partial charge in [0.1, 0.15) is 17.6 Å². The Labute approximate surface area is 99.3 Å². The third kappa shape index (κ3) is 3.93. The number of carboxylic acids is 1. The Balaban J connectivity index is 3.19. The fraction of sp³-hybridized carbons (Fsp3) is 0.0909. The van der Waals surface area contributed by atoms with Crippen LogP contribution in [-0.4, -0.2) is 23.7 Å². The molecule has 0 fully saturated rings. The van der Waals surface area contributed by atoms with Crippen molar-refractivity contribution < 1.29 is 32.6 Å². The Kier molecular flexibility index (Phi) is 4.09. The van der Waals surface area contributed by atoms with E-state index < -0.39 is 23.6 Å². The normalized spacial score (nSPS) is 11.5. The molecule has 1 aromatic rings. The Hall–Kier alpha value is -2.31. The summed E-state index contributed by atoms with van der Waals surface area (Å²) in [4.78, 5) is 20.8. The molecule has 0 aliphatic heterocycles. The van der Waals surface area contributed by atoms with Crippen molar-refractivity contribution >= 4 is 18.3 Å². The van der Waals surface area contributed by atoms with E-state index in [-0.39, 0.29) is 5.56 Å². The van der Waals surface area contributed by atoms with E-state index in [1.807, 2.05) is 0 Å². The molecule has 0 radical (unpaired) electrons. The van der Waals surface area contributed by atoms with E-state index in [9.17, 15) is 22.8 Å². The van der Waals surface area contributed by atoms with Crippen LogP contribution < -0.4 is 4.74 Å². The van der Waals surface area contributed by atoms with Crippen LogP contribution in [0.3, 0.4) is 0 Å². The number of carbonyl (C=O) groups is 2. The number of alkyl halides is 3. The van der Waals surface area contributed by atoms with Crippen LogP contribution in [-0.2, 0) is 4.79 Å². The molecule has 0 saturated carbocycles. The van der Waals surface area contributed by atoms with E-state index in [0.717, 1.165) is 18.2 Å². The minimum absolute atomic E-state index is 0.214. The predicted octanol–water partition coefficient (Wildman–Crippen LogP) is 2.50. The summed E-state index contributed by atoms with van der Waals surface area (Å²) in [6, 6.07) is 3.11. The van der Waals surface area contributed by atoms with Gasteiger partial charge in [0.15, 0.2) is 0 Å². The largest absolute Gasteiger partial charge is 0.573 e. The Bertz CT molecular complexity index is 492. The molecule has 0 saturated heterocycles. The molecule has 7 heteroatoms. The number of allylic oxidation sites excluding steroid dienone is 1. The molecule has 18 heavy (non-hydrogen) atoms. The summed E-state index contributed by atoms with van der Waals surface area (Å²) in [5, 5.41) is 8.71. The van der Waals surface area contributed by atoms with Crippen molar-refractivity contribution in [2.45, 2.75) is 6.36 Å². The molecule has 0 heterocycles. The van der Waals surface area contributed by atoms with E-state index in [1.165, 1.54) is 12.1 Å². The Morgan fingerprint density at radius 2 is 2.00 bits per heavy atom. The molecule has 1 aromatic carbocycles. The lowest BCUT2D eigenvalue weighted by Crippen LogP contribution is -2.19. The molecule has 0 bridgehead atoms. The second kappa shape index (κ2) is 5.35. The summed E-state index contributed by atoms with van der Waals surface area (Å²) < 4.78 is 39.8. The highest BCUT2D eigenvalue weighted by molar-refractivity contribution is 5.91. The first-order valence-corrected chi connectivity index (χ1v) is 4.58. The average molecular weight is 260 g/mol. The van der Waals surface area contributed by atoms with Crippen LogP contribution in [0.1, 0.15) is 15.9 Å². The maximum atomic E-state index is 12.1. The zero-order valence-electron chi connectivity index (χ0n) is 8.77. The number of benzene rings is 1. The van der Waals surface area contributed by atoms with Gasteiger partial charge in [-0.1, -0.05) is 12.1 Å². The van der Waals surface area contributed by atoms with Crippen molar-refractivity contribution in [2.75, 3.05) is 0 Å². The summed E-state index contributed by atoms with van der Waals surface area (Å²) in [5.41, 5.74) is -0.401. The maximum Gasteiger partial charge on any atom is 0.573 e. The van der Waals surface area contributed by atoms with Crippen LogP contribution in [0.25, 0.3) is 6.08 Å². The van der Waals surface area contributed by atoms with Crippen molar-refractivity contribution in [2.24, 2.45) is 0 Å². The third-order valence-corrected chi connectivity index (χ3v) is 1.83. The molecule has 0 aromatic heterocycles. The Morgan fingerprint density at radius 1 is 1.33 bits per heavy atom. The number of aromatic carboxylic acids is 1. The molecular formula is C11H7F3O4. The zero-order valence-corrected chi connectivity index (χ0v) is 8.77. The van der Waals surface area contributed by atoms with Crippen LogP contribution in [0.2, 0.25) is 0 Å². The first kappa shape index (κ1) is 13.8. The predicted molar refractivity (Wildman–Crippen MR) is 55.2 cm³/mol. The topological polar surface area (TPSA) is 63.6 Å². The summed E-state index contributed by atoms with van der Waals surface area (Å²) >= 11 is 0. The second-order valence-corrected chi connectivity index (χ2v) is 3.10. The number of hydrogen-bond donors (Lipinski definition) is 1. The molecule has 0 atom stereocenters. The molecule has 96 valence electrons. The molecule has 0 amide bonds. The summed E-state index contributed by atoms with van der Waals surface area (Å²) in [6.45, 7) is 0. The molecule has 0 spiro atoms. The lowest BCUT2D eigenvalue weighted by Gasteiger charge is -2.11. The van der Waals surface area contributed by atoms with Crippen molar-refractivity contribution in [3.05, 3.63) is 35.4 Å². The molecular weight excluding hydrogens is 253 g/mol. The molecule has 0 aliphatic rings. The van der Waals surface area contributed by atoms with Gasteiger partial charge in [-0.05, 0) is 23.8 Å². The van der Waals surface area contributed by atoms with Gasteiger partial charge in [0.05, 0.1) is 0 Å². The van der Waals surface area contributed by atoms with Gasteiger partial charge in [-0.25, -0.2) is 4.79 Å². The lowest BCUT2D eigenvalue weighted by atomic mass is 10.1. The number of aldehydes is 1. The van der Waals surface area contributed by atoms with E-state index in [2.05, 4.69) is 4.74 Å². The SMILES string of the molecule is O=CC=Cc1ccc(C(=O)O)c(OC(F)(F)F)c1. The standard InChI is InChI=1S/C11H7F3O4/c12-11(13,14)18-9-6-7(2-1-5-15)3-4-8(9)10(16)17/h1-6H,(H,16,17). The number of halogens is 3. The molecule has 0 unspecified atom stereocenters. The van der Waals surface area contributed by atoms with Gasteiger partial charge in [0.25, 0.3) is 0 Å². The Morgan fingerprint density at radius 3 is 2.50 bits per heavy atom. The first-order chi connectivity index (χ1) is 8.33. The van der Waals surface area contributed by atoms with Gasteiger partial charge in [0.2, 0.25) is 0 Å². The summed E-state index contributed by atoms with van der Waals surface area (Å²) in [7, 11) is 0. The van der Waals surface area contributed by atoms with Gasteiger partial charge in [-0.3, -0.25) is 4.79 Å². The summed E-state index contributed by atoms with van der Waals surface area (Å²) in [6.07, 6.45) is -2.26. The van der Waals surface area contributed by atoms with Crippen molar-refractivity contribution in [3.63, 3.8) is 0 Å². The number of hydrogen-bond acceptors (Lipinski definition) is 3. The van der Waals surface area contributed by atoms with Gasteiger partial charge in [-0.15, -0.1) is 13.2 Å². The van der Waals surface area contributed by atoms with Crippen LogP contribution in [0.5, 0.6) is 5.75 Å². The fourth-order valence-electron chi connectivity index (χ4n) is 1.18. The van der Waals surface area contributed by atoms with Crippen LogP contribution in [0, 0.1) is 0 Å². The molecule has 4 nitrogen and oxygen atoms in total. The second-order valence-electron chi connectivity index (χ2n) is 3.10. The lowest BCUT2D eigenvalue weighted by molar-refractivity contribution is -0.274. The number of carbonyl (C=O) groups excluding carboxylic acids is 1. The van der Waals surface area contributed by atoms with Crippen molar-refractivity contribution in [1.29, 1.82) is 0 Å². The number of ether oxygens (including phenoxy) is 1. The van der Waals surface area contributed by atoms with E-state index >= 15 is 0 Å². The minimum Gasteiger partial charge on any atom is -0.478 e. The number of rotatable bonds is 4. The van der Waals surface area contributed by atoms with E-state index in [0.29, 0.717) is 6.29 Å². The highest BCUT2D eigenvalue weighted by atomic mass is 19.4. The van der Waals surface area contributed by atoms with Crippen molar-refractivity contribution in [3.8, 4) is 5.75 Å². The van der Waals surface area contributed by atoms with Gasteiger partial charge < -0.3 is 9.84 Å². The van der Waals surface area contributed by atoms with Crippen LogP contribution in [0.15, 0.2) is 24.3 Å². The quantitative estimate of drug-likeness (QED) is 0.667. The fourth-order valence-corrected chi connectivity index (χ4v) is 1.18. The van der Waals surface area contributed by atoms with Crippen molar-refractivity contribution in [1.82, 2.24) is 0 Å². The highest BCUT2D eigenvalue weighted by Gasteiger charge is 2.33. The van der Waals surface area contributed by atoms with Gasteiger partial charge in [0, 0.05) is 0 Å². The summed E-state index contributed by atoms with van der Waals surface area (Å²) in [5.74, 6) is -2.37. The molecule has 1 rings (SSSR count). The molecule has 0 aliphatic carbocycles. The van der Waals surface area contributed by atoms with Crippen LogP contribution in [0.4, 0.5) is 13.2 Å². The monoisotopic (exact) mass is 260 g/mol. The number of carboxylic acid groups (broad SMARTS) is 1. The zero-order chi connectivity index (χ0) is 13.8. The smallest absolute Gasteiger partial charge is 0.478 e. The molecule has 1 N–H and O–H groups in total. The maximum absolute atomic E-state index is 12.1.